The van der Waals surface area contributed by atoms with Gasteiger partial charge in [0, 0.05) is 5.33 Å². The van der Waals surface area contributed by atoms with Crippen molar-refractivity contribution >= 4 is 27.7 Å². The van der Waals surface area contributed by atoms with E-state index in [1.165, 1.54) is 0 Å². The SMILES string of the molecule is COc1ccccc1NC(=O)OCCBr. The molecule has 0 aliphatic rings. The number of nitrogens with one attached hydrogen (secondary N) is 1. The van der Waals surface area contributed by atoms with Gasteiger partial charge in [0.15, 0.2) is 0 Å². The van der Waals surface area contributed by atoms with E-state index in [2.05, 4.69) is 21.2 Å². The third-order valence-electron chi connectivity index (χ3n) is 1.65. The number of methoxy groups -OCH3 is 1. The summed E-state index contributed by atoms with van der Waals surface area (Å²) >= 11 is 3.16. The predicted octanol–water partition coefficient (Wildman–Crippen LogP) is 2.64. The molecule has 1 aromatic carbocycles. The van der Waals surface area contributed by atoms with E-state index >= 15 is 0 Å². The molecule has 0 fully saturated rings. The van der Waals surface area contributed by atoms with Crippen LogP contribution >= 0.6 is 15.9 Å². The van der Waals surface area contributed by atoms with Crippen LogP contribution in [0.2, 0.25) is 0 Å². The first kappa shape index (κ1) is 11.8. The Balaban J connectivity index is 2.59. The Morgan fingerprint density at radius 1 is 1.47 bits per heavy atom. The van der Waals surface area contributed by atoms with Crippen molar-refractivity contribution in [1.82, 2.24) is 0 Å². The second kappa shape index (κ2) is 6.29. The van der Waals surface area contributed by atoms with Crippen LogP contribution in [0.3, 0.4) is 0 Å². The predicted molar refractivity (Wildman–Crippen MR) is 61.8 cm³/mol. The zero-order valence-corrected chi connectivity index (χ0v) is 9.91. The highest BCUT2D eigenvalue weighted by Gasteiger charge is 2.06. The zero-order valence-electron chi connectivity index (χ0n) is 8.33. The number of halogens is 1. The second-order valence-electron chi connectivity index (χ2n) is 2.65. The van der Waals surface area contributed by atoms with Gasteiger partial charge in [-0.15, -0.1) is 0 Å². The largest absolute Gasteiger partial charge is 0.495 e. The van der Waals surface area contributed by atoms with Crippen LogP contribution in [-0.4, -0.2) is 25.1 Å². The molecule has 15 heavy (non-hydrogen) atoms. The number of anilines is 1. The monoisotopic (exact) mass is 273 g/mol. The fraction of sp³-hybridized carbons (Fsp3) is 0.300. The summed E-state index contributed by atoms with van der Waals surface area (Å²) < 4.78 is 9.91. The van der Waals surface area contributed by atoms with Crippen LogP contribution in [0.1, 0.15) is 0 Å². The molecular weight excluding hydrogens is 262 g/mol. The quantitative estimate of drug-likeness (QED) is 0.858. The van der Waals surface area contributed by atoms with Gasteiger partial charge < -0.3 is 9.47 Å². The van der Waals surface area contributed by atoms with E-state index in [9.17, 15) is 4.79 Å². The highest BCUT2D eigenvalue weighted by atomic mass is 79.9. The highest BCUT2D eigenvalue weighted by molar-refractivity contribution is 9.09. The van der Waals surface area contributed by atoms with E-state index in [-0.39, 0.29) is 0 Å². The summed E-state index contributed by atoms with van der Waals surface area (Å²) in [6.07, 6.45) is -0.487. The Hall–Kier alpha value is -1.23. The molecule has 0 atom stereocenters. The Morgan fingerprint density at radius 3 is 2.87 bits per heavy atom. The molecule has 1 aromatic rings. The minimum atomic E-state index is -0.487. The van der Waals surface area contributed by atoms with Crippen LogP contribution in [-0.2, 0) is 4.74 Å². The maximum atomic E-state index is 11.2. The first-order chi connectivity index (χ1) is 7.27. The minimum absolute atomic E-state index is 0.334. The summed E-state index contributed by atoms with van der Waals surface area (Å²) in [5, 5.41) is 3.21. The fourth-order valence-corrected chi connectivity index (χ4v) is 1.19. The van der Waals surface area contributed by atoms with Gasteiger partial charge in [0.05, 0.1) is 12.8 Å². The number of benzene rings is 1. The lowest BCUT2D eigenvalue weighted by Crippen LogP contribution is -2.15. The number of alkyl halides is 1. The van der Waals surface area contributed by atoms with Crippen LogP contribution in [0, 0.1) is 0 Å². The molecule has 0 heterocycles. The van der Waals surface area contributed by atoms with Crippen molar-refractivity contribution in [3.63, 3.8) is 0 Å². The molecule has 0 aliphatic carbocycles. The fourth-order valence-electron chi connectivity index (χ4n) is 1.03. The average Bonchev–Trinajstić information content (AvgIpc) is 2.27. The van der Waals surface area contributed by atoms with Crippen LogP contribution in [0.25, 0.3) is 0 Å². The molecule has 0 saturated carbocycles. The summed E-state index contributed by atoms with van der Waals surface area (Å²) in [6, 6.07) is 7.14. The maximum Gasteiger partial charge on any atom is 0.411 e. The Kier molecular flexibility index (Phi) is 4.97. The maximum absolute atomic E-state index is 11.2. The summed E-state index contributed by atoms with van der Waals surface area (Å²) in [4.78, 5) is 11.2. The van der Waals surface area contributed by atoms with Crippen molar-refractivity contribution < 1.29 is 14.3 Å². The van der Waals surface area contributed by atoms with Crippen molar-refractivity contribution in [3.05, 3.63) is 24.3 Å². The number of amides is 1. The van der Waals surface area contributed by atoms with Gasteiger partial charge in [-0.1, -0.05) is 28.1 Å². The molecular formula is C10H12BrNO3. The van der Waals surface area contributed by atoms with E-state index in [1.54, 1.807) is 19.2 Å². The third kappa shape index (κ3) is 3.79. The summed E-state index contributed by atoms with van der Waals surface area (Å²) in [6.45, 7) is 0.334. The highest BCUT2D eigenvalue weighted by Crippen LogP contribution is 2.22. The first-order valence-electron chi connectivity index (χ1n) is 4.40. The first-order valence-corrected chi connectivity index (χ1v) is 5.53. The normalized spacial score (nSPS) is 9.47. The molecule has 1 N–H and O–H groups in total. The zero-order chi connectivity index (χ0) is 11.1. The van der Waals surface area contributed by atoms with Crippen molar-refractivity contribution in [2.24, 2.45) is 0 Å². The third-order valence-corrected chi connectivity index (χ3v) is 1.98. The summed E-state index contributed by atoms with van der Waals surface area (Å²) in [5.41, 5.74) is 0.597. The number of hydrogen-bond donors (Lipinski definition) is 1. The van der Waals surface area contributed by atoms with E-state index in [1.807, 2.05) is 12.1 Å². The average molecular weight is 274 g/mol. The van der Waals surface area contributed by atoms with Crippen molar-refractivity contribution in [3.8, 4) is 5.75 Å². The van der Waals surface area contributed by atoms with Crippen molar-refractivity contribution in [2.75, 3.05) is 24.4 Å². The molecule has 0 spiro atoms. The lowest BCUT2D eigenvalue weighted by Gasteiger charge is -2.09. The number of ether oxygens (including phenoxy) is 2. The molecule has 1 amide bonds. The summed E-state index contributed by atoms with van der Waals surface area (Å²) in [5.74, 6) is 0.605. The molecule has 0 saturated heterocycles. The number of hydrogen-bond acceptors (Lipinski definition) is 3. The van der Waals surface area contributed by atoms with E-state index < -0.39 is 6.09 Å². The van der Waals surface area contributed by atoms with Gasteiger partial charge in [0.1, 0.15) is 12.4 Å². The second-order valence-corrected chi connectivity index (χ2v) is 3.44. The van der Waals surface area contributed by atoms with Gasteiger partial charge in [-0.05, 0) is 12.1 Å². The number of carbonyl (C=O) groups is 1. The van der Waals surface area contributed by atoms with Crippen molar-refractivity contribution in [1.29, 1.82) is 0 Å². The molecule has 4 nitrogen and oxygen atoms in total. The van der Waals surface area contributed by atoms with Crippen molar-refractivity contribution in [2.45, 2.75) is 0 Å². The molecule has 1 rings (SSSR count). The Bertz CT molecular complexity index is 330. The van der Waals surface area contributed by atoms with Gasteiger partial charge in [-0.3, -0.25) is 5.32 Å². The molecule has 5 heteroatoms. The number of rotatable bonds is 4. The van der Waals surface area contributed by atoms with Crippen LogP contribution in [0.5, 0.6) is 5.75 Å². The van der Waals surface area contributed by atoms with Crippen LogP contribution in [0.4, 0.5) is 10.5 Å². The van der Waals surface area contributed by atoms with Gasteiger partial charge in [-0.2, -0.15) is 0 Å². The van der Waals surface area contributed by atoms with Gasteiger partial charge in [0.25, 0.3) is 0 Å². The smallest absolute Gasteiger partial charge is 0.411 e. The molecule has 0 aliphatic heterocycles. The molecule has 0 bridgehead atoms. The number of para-hydroxylation sites is 2. The van der Waals surface area contributed by atoms with E-state index in [0.717, 1.165) is 0 Å². The Labute approximate surface area is 96.7 Å². The van der Waals surface area contributed by atoms with Crippen LogP contribution in [0.15, 0.2) is 24.3 Å². The lowest BCUT2D eigenvalue weighted by molar-refractivity contribution is 0.169. The topological polar surface area (TPSA) is 47.6 Å². The van der Waals surface area contributed by atoms with Crippen LogP contribution < -0.4 is 10.1 Å². The van der Waals surface area contributed by atoms with Gasteiger partial charge in [0.2, 0.25) is 0 Å². The molecule has 82 valence electrons. The molecule has 0 radical (unpaired) electrons. The van der Waals surface area contributed by atoms with Gasteiger partial charge >= 0.3 is 6.09 Å². The number of carbonyl (C=O) groups excluding carboxylic acids is 1. The molecule has 0 unspecified atom stereocenters. The van der Waals surface area contributed by atoms with Gasteiger partial charge in [-0.25, -0.2) is 4.79 Å². The minimum Gasteiger partial charge on any atom is -0.495 e. The summed E-state index contributed by atoms with van der Waals surface area (Å²) in [7, 11) is 1.55. The standard InChI is InChI=1S/C10H12BrNO3/c1-14-9-5-3-2-4-8(9)12-10(13)15-7-6-11/h2-5H,6-7H2,1H3,(H,12,13). The van der Waals surface area contributed by atoms with E-state index in [0.29, 0.717) is 23.4 Å². The molecule has 0 aromatic heterocycles. The lowest BCUT2D eigenvalue weighted by atomic mass is 10.3. The van der Waals surface area contributed by atoms with E-state index in [4.69, 9.17) is 9.47 Å². The Morgan fingerprint density at radius 2 is 2.20 bits per heavy atom.